The van der Waals surface area contributed by atoms with Gasteiger partial charge >= 0.3 is 0 Å². The Balaban J connectivity index is 1.42. The molecule has 132 valence electrons. The number of hydrogen-bond acceptors (Lipinski definition) is 4. The van der Waals surface area contributed by atoms with Gasteiger partial charge in [0.1, 0.15) is 11.5 Å². The molecule has 1 aliphatic heterocycles. The van der Waals surface area contributed by atoms with E-state index >= 15 is 0 Å². The van der Waals surface area contributed by atoms with Crippen molar-refractivity contribution in [3.8, 4) is 11.3 Å². The molecule has 0 bridgehead atoms. The number of piperazine rings is 1. The molecule has 1 aromatic carbocycles. The van der Waals surface area contributed by atoms with Crippen molar-refractivity contribution in [3.05, 3.63) is 64.9 Å². The van der Waals surface area contributed by atoms with Crippen molar-refractivity contribution in [1.29, 1.82) is 0 Å². The van der Waals surface area contributed by atoms with E-state index in [1.54, 1.807) is 6.20 Å². The van der Waals surface area contributed by atoms with Crippen molar-refractivity contribution >= 4 is 27.7 Å². The predicted molar refractivity (Wildman–Crippen MR) is 104 cm³/mol. The smallest absolute Gasteiger partial charge is 0.272 e. The first-order valence-electron chi connectivity index (χ1n) is 8.47. The third-order valence-corrected chi connectivity index (χ3v) is 5.02. The molecule has 1 amide bonds. The Morgan fingerprint density at radius 2 is 1.81 bits per heavy atom. The number of nitrogens with one attached hydrogen (secondary N) is 1. The molecule has 3 heterocycles. The highest BCUT2D eigenvalue weighted by atomic mass is 79.9. The molecule has 6 nitrogen and oxygen atoms in total. The first-order chi connectivity index (χ1) is 12.7. The number of rotatable bonds is 3. The van der Waals surface area contributed by atoms with Gasteiger partial charge in [-0.3, -0.25) is 9.89 Å². The molecule has 4 rings (SSSR count). The van der Waals surface area contributed by atoms with Gasteiger partial charge in [-0.25, -0.2) is 4.98 Å². The number of benzene rings is 1. The molecule has 0 spiro atoms. The molecule has 0 radical (unpaired) electrons. The number of anilines is 1. The Kier molecular flexibility index (Phi) is 4.71. The van der Waals surface area contributed by atoms with E-state index in [0.717, 1.165) is 34.6 Å². The quantitative estimate of drug-likeness (QED) is 0.718. The molecule has 0 unspecified atom stereocenters. The summed E-state index contributed by atoms with van der Waals surface area (Å²) in [6, 6.07) is 15.6. The monoisotopic (exact) mass is 411 g/mol. The molecule has 1 saturated heterocycles. The van der Waals surface area contributed by atoms with Gasteiger partial charge in [-0.2, -0.15) is 5.10 Å². The Bertz CT molecular complexity index is 886. The largest absolute Gasteiger partial charge is 0.353 e. The second kappa shape index (κ2) is 7.29. The van der Waals surface area contributed by atoms with Gasteiger partial charge in [0.05, 0.1) is 5.69 Å². The van der Waals surface area contributed by atoms with Crippen LogP contribution in [-0.2, 0) is 0 Å². The Labute approximate surface area is 160 Å². The maximum atomic E-state index is 12.8. The van der Waals surface area contributed by atoms with Crippen LogP contribution in [0.5, 0.6) is 0 Å². The van der Waals surface area contributed by atoms with Gasteiger partial charge < -0.3 is 9.80 Å². The highest BCUT2D eigenvalue weighted by Crippen LogP contribution is 2.21. The molecule has 3 aromatic rings. The molecule has 1 aliphatic rings. The van der Waals surface area contributed by atoms with Crippen molar-refractivity contribution in [1.82, 2.24) is 20.1 Å². The number of aromatic nitrogens is 3. The van der Waals surface area contributed by atoms with Gasteiger partial charge in [-0.15, -0.1) is 0 Å². The number of nitrogens with zero attached hydrogens (tertiary/aromatic N) is 4. The third kappa shape index (κ3) is 3.48. The molecule has 0 aliphatic carbocycles. The van der Waals surface area contributed by atoms with E-state index in [2.05, 4.69) is 36.0 Å². The number of carbonyl (C=O) groups excluding carboxylic acids is 1. The highest BCUT2D eigenvalue weighted by molar-refractivity contribution is 9.10. The van der Waals surface area contributed by atoms with Crippen LogP contribution < -0.4 is 4.90 Å². The normalized spacial score (nSPS) is 14.5. The molecule has 2 aromatic heterocycles. The summed E-state index contributed by atoms with van der Waals surface area (Å²) in [6.07, 6.45) is 1.79. The van der Waals surface area contributed by atoms with Crippen molar-refractivity contribution in [2.75, 3.05) is 31.1 Å². The van der Waals surface area contributed by atoms with Crippen LogP contribution in [0, 0.1) is 0 Å². The van der Waals surface area contributed by atoms with Crippen LogP contribution in [0.4, 0.5) is 5.82 Å². The zero-order chi connectivity index (χ0) is 17.9. The lowest BCUT2D eigenvalue weighted by atomic mass is 10.1. The Hall–Kier alpha value is -2.67. The van der Waals surface area contributed by atoms with Gasteiger partial charge in [-0.1, -0.05) is 34.1 Å². The SMILES string of the molecule is O=C(c1cc(-c2ccc(Br)cc2)n[nH]1)N1CCN(c2ccccn2)CC1. The van der Waals surface area contributed by atoms with Gasteiger partial charge in [0.2, 0.25) is 0 Å². The number of aromatic amines is 1. The average molecular weight is 412 g/mol. The summed E-state index contributed by atoms with van der Waals surface area (Å²) < 4.78 is 1.01. The fourth-order valence-electron chi connectivity index (χ4n) is 3.05. The van der Waals surface area contributed by atoms with Crippen LogP contribution in [0.2, 0.25) is 0 Å². The van der Waals surface area contributed by atoms with Crippen LogP contribution in [0.3, 0.4) is 0 Å². The van der Waals surface area contributed by atoms with Crippen molar-refractivity contribution in [3.63, 3.8) is 0 Å². The van der Waals surface area contributed by atoms with Gasteiger partial charge in [0.15, 0.2) is 0 Å². The van der Waals surface area contributed by atoms with Gasteiger partial charge in [0, 0.05) is 42.4 Å². The lowest BCUT2D eigenvalue weighted by Gasteiger charge is -2.35. The van der Waals surface area contributed by atoms with E-state index in [9.17, 15) is 4.79 Å². The maximum absolute atomic E-state index is 12.8. The van der Waals surface area contributed by atoms with E-state index in [1.165, 1.54) is 0 Å². The van der Waals surface area contributed by atoms with Crippen LogP contribution >= 0.6 is 15.9 Å². The number of pyridine rings is 1. The lowest BCUT2D eigenvalue weighted by Crippen LogP contribution is -2.49. The second-order valence-electron chi connectivity index (χ2n) is 6.14. The number of carbonyl (C=O) groups is 1. The van der Waals surface area contributed by atoms with Crippen LogP contribution in [0.25, 0.3) is 11.3 Å². The first kappa shape index (κ1) is 16.8. The van der Waals surface area contributed by atoms with Crippen LogP contribution in [0.15, 0.2) is 59.2 Å². The number of halogens is 1. The Morgan fingerprint density at radius 1 is 1.04 bits per heavy atom. The summed E-state index contributed by atoms with van der Waals surface area (Å²) >= 11 is 3.42. The molecule has 1 N–H and O–H groups in total. The minimum atomic E-state index is -0.0125. The minimum Gasteiger partial charge on any atom is -0.353 e. The second-order valence-corrected chi connectivity index (χ2v) is 7.06. The van der Waals surface area contributed by atoms with Crippen molar-refractivity contribution < 1.29 is 4.79 Å². The van der Waals surface area contributed by atoms with Crippen molar-refractivity contribution in [2.45, 2.75) is 0 Å². The standard InChI is InChI=1S/C19H18BrN5O/c20-15-6-4-14(5-7-15)16-13-17(23-22-16)19(26)25-11-9-24(10-12-25)18-3-1-2-8-21-18/h1-8,13H,9-12H2,(H,22,23). The van der Waals surface area contributed by atoms with Crippen molar-refractivity contribution in [2.24, 2.45) is 0 Å². The van der Waals surface area contributed by atoms with Crippen LogP contribution in [-0.4, -0.2) is 52.2 Å². The molecule has 0 atom stereocenters. The fourth-order valence-corrected chi connectivity index (χ4v) is 3.31. The first-order valence-corrected chi connectivity index (χ1v) is 9.26. The number of hydrogen-bond donors (Lipinski definition) is 1. The minimum absolute atomic E-state index is 0.0125. The number of amides is 1. The van der Waals surface area contributed by atoms with Crippen LogP contribution in [0.1, 0.15) is 10.5 Å². The Morgan fingerprint density at radius 3 is 2.50 bits per heavy atom. The predicted octanol–water partition coefficient (Wildman–Crippen LogP) is 3.20. The summed E-state index contributed by atoms with van der Waals surface area (Å²) in [5.74, 6) is 0.945. The fraction of sp³-hybridized carbons (Fsp3) is 0.211. The topological polar surface area (TPSA) is 65.1 Å². The van der Waals surface area contributed by atoms with E-state index in [0.29, 0.717) is 18.8 Å². The van der Waals surface area contributed by atoms with Gasteiger partial charge in [0.25, 0.3) is 5.91 Å². The summed E-state index contributed by atoms with van der Waals surface area (Å²) in [7, 11) is 0. The molecule has 1 fully saturated rings. The summed E-state index contributed by atoms with van der Waals surface area (Å²) in [5, 5.41) is 7.17. The highest BCUT2D eigenvalue weighted by Gasteiger charge is 2.24. The summed E-state index contributed by atoms with van der Waals surface area (Å²) in [4.78, 5) is 21.2. The molecular formula is C19H18BrN5O. The molecular weight excluding hydrogens is 394 g/mol. The average Bonchev–Trinajstić information content (AvgIpc) is 3.19. The summed E-state index contributed by atoms with van der Waals surface area (Å²) in [6.45, 7) is 2.89. The number of H-pyrrole nitrogens is 1. The van der Waals surface area contributed by atoms with Gasteiger partial charge in [-0.05, 0) is 30.3 Å². The maximum Gasteiger partial charge on any atom is 0.272 e. The summed E-state index contributed by atoms with van der Waals surface area (Å²) in [5.41, 5.74) is 2.27. The van der Waals surface area contributed by atoms with E-state index < -0.39 is 0 Å². The van der Waals surface area contributed by atoms with E-state index in [4.69, 9.17) is 0 Å². The van der Waals surface area contributed by atoms with E-state index in [-0.39, 0.29) is 5.91 Å². The molecule has 7 heteroatoms. The zero-order valence-corrected chi connectivity index (χ0v) is 15.7. The molecule has 0 saturated carbocycles. The molecule has 26 heavy (non-hydrogen) atoms. The third-order valence-electron chi connectivity index (χ3n) is 4.49. The lowest BCUT2D eigenvalue weighted by molar-refractivity contribution is 0.0740. The zero-order valence-electron chi connectivity index (χ0n) is 14.1. The van der Waals surface area contributed by atoms with E-state index in [1.807, 2.05) is 53.4 Å².